The molecule has 1 aromatic carbocycles. The second-order valence-corrected chi connectivity index (χ2v) is 5.37. The van der Waals surface area contributed by atoms with Crippen LogP contribution in [0.15, 0.2) is 36.4 Å². The van der Waals surface area contributed by atoms with Crippen LogP contribution >= 0.6 is 0 Å². The highest BCUT2D eigenvalue weighted by Crippen LogP contribution is 2.18. The van der Waals surface area contributed by atoms with Gasteiger partial charge in [-0.15, -0.1) is 0 Å². The Labute approximate surface area is 124 Å². The molecule has 1 aliphatic rings. The lowest BCUT2D eigenvalue weighted by molar-refractivity contribution is -0.125. The summed E-state index contributed by atoms with van der Waals surface area (Å²) >= 11 is 0. The van der Waals surface area contributed by atoms with Crippen LogP contribution in [0.2, 0.25) is 0 Å². The topological polar surface area (TPSA) is 66.4 Å². The van der Waals surface area contributed by atoms with Gasteiger partial charge in [0, 0.05) is 12.5 Å². The molecule has 0 spiro atoms. The Kier molecular flexibility index (Phi) is 5.55. The Hall–Kier alpha value is -2.10. The standard InChI is InChI=1S/C17H21NO3/c19-16(14-5-3-1-2-4-6-14)18-12-11-13-7-9-15(10-8-13)17(20)21/h1-2,7-10,14H,3-6,11-12H2,(H,18,19)(H,20,21). The molecule has 0 atom stereocenters. The van der Waals surface area contributed by atoms with E-state index in [0.717, 1.165) is 37.7 Å². The van der Waals surface area contributed by atoms with E-state index >= 15 is 0 Å². The van der Waals surface area contributed by atoms with Crippen molar-refractivity contribution < 1.29 is 14.7 Å². The minimum Gasteiger partial charge on any atom is -0.478 e. The highest BCUT2D eigenvalue weighted by atomic mass is 16.4. The van der Waals surface area contributed by atoms with E-state index in [2.05, 4.69) is 17.5 Å². The molecule has 0 aliphatic heterocycles. The van der Waals surface area contributed by atoms with Crippen LogP contribution in [0.5, 0.6) is 0 Å². The van der Waals surface area contributed by atoms with Crippen molar-refractivity contribution in [1.82, 2.24) is 5.32 Å². The maximum atomic E-state index is 12.1. The van der Waals surface area contributed by atoms with Crippen LogP contribution in [-0.2, 0) is 11.2 Å². The van der Waals surface area contributed by atoms with Crippen molar-refractivity contribution in [1.29, 1.82) is 0 Å². The van der Waals surface area contributed by atoms with E-state index in [4.69, 9.17) is 5.11 Å². The van der Waals surface area contributed by atoms with Crippen molar-refractivity contribution in [2.24, 2.45) is 5.92 Å². The van der Waals surface area contributed by atoms with Gasteiger partial charge < -0.3 is 10.4 Å². The Morgan fingerprint density at radius 1 is 1.10 bits per heavy atom. The molecule has 2 rings (SSSR count). The van der Waals surface area contributed by atoms with E-state index in [1.165, 1.54) is 0 Å². The average Bonchev–Trinajstić information content (AvgIpc) is 2.77. The third-order valence-corrected chi connectivity index (χ3v) is 3.81. The maximum absolute atomic E-state index is 12.1. The number of aromatic carboxylic acids is 1. The number of hydrogen-bond donors (Lipinski definition) is 2. The first-order valence-corrected chi connectivity index (χ1v) is 7.42. The molecule has 0 radical (unpaired) electrons. The molecule has 1 amide bonds. The molecule has 21 heavy (non-hydrogen) atoms. The molecule has 0 heterocycles. The van der Waals surface area contributed by atoms with E-state index in [1.807, 2.05) is 0 Å². The van der Waals surface area contributed by atoms with Crippen LogP contribution < -0.4 is 5.32 Å². The monoisotopic (exact) mass is 287 g/mol. The molecule has 0 unspecified atom stereocenters. The normalized spacial score (nSPS) is 15.4. The summed E-state index contributed by atoms with van der Waals surface area (Å²) in [6.07, 6.45) is 8.83. The smallest absolute Gasteiger partial charge is 0.335 e. The lowest BCUT2D eigenvalue weighted by atomic mass is 9.99. The molecule has 1 aromatic rings. The second-order valence-electron chi connectivity index (χ2n) is 5.37. The number of amides is 1. The van der Waals surface area contributed by atoms with Crippen molar-refractivity contribution in [3.63, 3.8) is 0 Å². The van der Waals surface area contributed by atoms with Crippen molar-refractivity contribution >= 4 is 11.9 Å². The summed E-state index contributed by atoms with van der Waals surface area (Å²) in [4.78, 5) is 22.8. The molecule has 0 saturated carbocycles. The van der Waals surface area contributed by atoms with Gasteiger partial charge in [-0.3, -0.25) is 4.79 Å². The fraction of sp³-hybridized carbons (Fsp3) is 0.412. The van der Waals surface area contributed by atoms with Crippen LogP contribution in [0.3, 0.4) is 0 Å². The van der Waals surface area contributed by atoms with E-state index in [-0.39, 0.29) is 17.4 Å². The number of carbonyl (C=O) groups is 2. The van der Waals surface area contributed by atoms with Crippen molar-refractivity contribution in [2.75, 3.05) is 6.54 Å². The molecule has 2 N–H and O–H groups in total. The predicted octanol–water partition coefficient (Wildman–Crippen LogP) is 2.79. The third-order valence-electron chi connectivity index (χ3n) is 3.81. The first kappa shape index (κ1) is 15.3. The zero-order valence-corrected chi connectivity index (χ0v) is 12.0. The SMILES string of the molecule is O=C(O)c1ccc(CCNC(=O)C2CCC=CCC2)cc1. The Balaban J connectivity index is 1.75. The Bertz CT molecular complexity index is 509. The lowest BCUT2D eigenvalue weighted by Crippen LogP contribution is -2.32. The van der Waals surface area contributed by atoms with Gasteiger partial charge in [-0.05, 0) is 49.8 Å². The zero-order chi connectivity index (χ0) is 15.1. The summed E-state index contributed by atoms with van der Waals surface area (Å²) in [6.45, 7) is 0.592. The summed E-state index contributed by atoms with van der Waals surface area (Å²) in [7, 11) is 0. The average molecular weight is 287 g/mol. The van der Waals surface area contributed by atoms with Gasteiger partial charge in [0.25, 0.3) is 0 Å². The minimum absolute atomic E-state index is 0.120. The van der Waals surface area contributed by atoms with Crippen LogP contribution in [0.1, 0.15) is 41.6 Å². The number of carboxylic acids is 1. The second kappa shape index (κ2) is 7.62. The molecular weight excluding hydrogens is 266 g/mol. The number of carbonyl (C=O) groups excluding carboxylic acids is 1. The fourth-order valence-corrected chi connectivity index (χ4v) is 2.53. The number of hydrogen-bond acceptors (Lipinski definition) is 2. The Morgan fingerprint density at radius 3 is 2.29 bits per heavy atom. The fourth-order valence-electron chi connectivity index (χ4n) is 2.53. The number of benzene rings is 1. The molecule has 112 valence electrons. The van der Waals surface area contributed by atoms with E-state index in [1.54, 1.807) is 24.3 Å². The summed E-state index contributed by atoms with van der Waals surface area (Å²) in [5.74, 6) is -0.660. The van der Waals surface area contributed by atoms with Gasteiger partial charge in [0.15, 0.2) is 0 Å². The highest BCUT2D eigenvalue weighted by molar-refractivity contribution is 5.87. The molecule has 0 aromatic heterocycles. The quantitative estimate of drug-likeness (QED) is 0.818. The van der Waals surface area contributed by atoms with Gasteiger partial charge in [-0.25, -0.2) is 4.79 Å². The molecule has 0 bridgehead atoms. The van der Waals surface area contributed by atoms with Gasteiger partial charge in [-0.1, -0.05) is 24.3 Å². The van der Waals surface area contributed by atoms with Gasteiger partial charge in [0.2, 0.25) is 5.91 Å². The van der Waals surface area contributed by atoms with Crippen molar-refractivity contribution in [3.05, 3.63) is 47.5 Å². The van der Waals surface area contributed by atoms with Crippen LogP contribution in [0, 0.1) is 5.92 Å². The van der Waals surface area contributed by atoms with Gasteiger partial charge in [0.05, 0.1) is 5.56 Å². The molecule has 0 saturated heterocycles. The molecular formula is C17H21NO3. The zero-order valence-electron chi connectivity index (χ0n) is 12.0. The number of rotatable bonds is 5. The van der Waals surface area contributed by atoms with Crippen LogP contribution in [0.4, 0.5) is 0 Å². The largest absolute Gasteiger partial charge is 0.478 e. The first-order valence-electron chi connectivity index (χ1n) is 7.42. The van der Waals surface area contributed by atoms with E-state index in [9.17, 15) is 9.59 Å². The van der Waals surface area contributed by atoms with Crippen molar-refractivity contribution in [2.45, 2.75) is 32.1 Å². The summed E-state index contributed by atoms with van der Waals surface area (Å²) in [5, 5.41) is 11.8. The van der Waals surface area contributed by atoms with E-state index in [0.29, 0.717) is 6.54 Å². The number of nitrogens with one attached hydrogen (secondary N) is 1. The lowest BCUT2D eigenvalue weighted by Gasteiger charge is -2.14. The first-order chi connectivity index (χ1) is 10.2. The van der Waals surface area contributed by atoms with Crippen LogP contribution in [0.25, 0.3) is 0 Å². The van der Waals surface area contributed by atoms with Crippen LogP contribution in [-0.4, -0.2) is 23.5 Å². The summed E-state index contributed by atoms with van der Waals surface area (Å²) in [6, 6.07) is 6.78. The number of carboxylic acid groups (broad SMARTS) is 1. The van der Waals surface area contributed by atoms with E-state index < -0.39 is 5.97 Å². The summed E-state index contributed by atoms with van der Waals surface area (Å²) < 4.78 is 0. The van der Waals surface area contributed by atoms with Gasteiger partial charge in [0.1, 0.15) is 0 Å². The van der Waals surface area contributed by atoms with Gasteiger partial charge >= 0.3 is 5.97 Å². The molecule has 1 aliphatic carbocycles. The highest BCUT2D eigenvalue weighted by Gasteiger charge is 2.17. The number of allylic oxidation sites excluding steroid dienone is 2. The maximum Gasteiger partial charge on any atom is 0.335 e. The third kappa shape index (κ3) is 4.74. The molecule has 4 nitrogen and oxygen atoms in total. The molecule has 4 heteroatoms. The van der Waals surface area contributed by atoms with Gasteiger partial charge in [-0.2, -0.15) is 0 Å². The van der Waals surface area contributed by atoms with Crippen molar-refractivity contribution in [3.8, 4) is 0 Å². The molecule has 0 fully saturated rings. The predicted molar refractivity (Wildman–Crippen MR) is 81.2 cm³/mol. The summed E-state index contributed by atoms with van der Waals surface area (Å²) in [5.41, 5.74) is 1.32. The Morgan fingerprint density at radius 2 is 1.71 bits per heavy atom. The minimum atomic E-state index is -0.920.